The third kappa shape index (κ3) is 2.09. The fourth-order valence-electron chi connectivity index (χ4n) is 2.86. The highest BCUT2D eigenvalue weighted by atomic mass is 14.9. The van der Waals surface area contributed by atoms with Gasteiger partial charge in [-0.25, -0.2) is 4.98 Å². The number of benzene rings is 3. The Balaban J connectivity index is 2.05. The molecule has 1 aromatic heterocycles. The zero-order valence-corrected chi connectivity index (χ0v) is 12.4. The van der Waals surface area contributed by atoms with Gasteiger partial charge in [0.15, 0.2) is 0 Å². The molecule has 1 N–H and O–H groups in total. The maximum absolute atomic E-state index is 4.84. The molecular formula is C20H16N2. The summed E-state index contributed by atoms with van der Waals surface area (Å²) in [6.07, 6.45) is 0. The smallest absolute Gasteiger partial charge is 0.0759 e. The van der Waals surface area contributed by atoms with Gasteiger partial charge in [0.25, 0.3) is 0 Å². The zero-order valence-electron chi connectivity index (χ0n) is 12.4. The topological polar surface area (TPSA) is 24.9 Å². The van der Waals surface area contributed by atoms with E-state index in [1.807, 2.05) is 24.3 Å². The number of nitrogens with zero attached hydrogens (tertiary/aromatic N) is 1. The van der Waals surface area contributed by atoms with Crippen LogP contribution in [0.4, 0.5) is 11.4 Å². The molecule has 0 amide bonds. The zero-order chi connectivity index (χ0) is 14.9. The van der Waals surface area contributed by atoms with Gasteiger partial charge in [-0.15, -0.1) is 0 Å². The van der Waals surface area contributed by atoms with Crippen molar-refractivity contribution in [3.8, 4) is 0 Å². The lowest BCUT2D eigenvalue weighted by molar-refractivity contribution is 1.42. The van der Waals surface area contributed by atoms with Gasteiger partial charge in [0.2, 0.25) is 0 Å². The van der Waals surface area contributed by atoms with Crippen molar-refractivity contribution in [3.63, 3.8) is 0 Å². The summed E-state index contributed by atoms with van der Waals surface area (Å²) in [4.78, 5) is 4.84. The monoisotopic (exact) mass is 284 g/mol. The van der Waals surface area contributed by atoms with E-state index in [9.17, 15) is 0 Å². The number of rotatable bonds is 2. The van der Waals surface area contributed by atoms with Crippen molar-refractivity contribution < 1.29 is 0 Å². The Labute approximate surface area is 129 Å². The minimum atomic E-state index is 1.02. The third-order valence-electron chi connectivity index (χ3n) is 3.96. The predicted molar refractivity (Wildman–Crippen MR) is 93.7 cm³/mol. The summed E-state index contributed by atoms with van der Waals surface area (Å²) in [6.45, 7) is 2.11. The molecule has 0 aliphatic carbocycles. The first-order valence-corrected chi connectivity index (χ1v) is 7.43. The largest absolute Gasteiger partial charge is 0.354 e. The molecule has 0 aliphatic heterocycles. The molecular weight excluding hydrogens is 268 g/mol. The number of aryl methyl sites for hydroxylation is 1. The van der Waals surface area contributed by atoms with Gasteiger partial charge < -0.3 is 5.32 Å². The predicted octanol–water partition coefficient (Wildman–Crippen LogP) is 5.44. The molecule has 0 aliphatic rings. The molecule has 4 aromatic rings. The Morgan fingerprint density at radius 2 is 1.45 bits per heavy atom. The fraction of sp³-hybridized carbons (Fsp3) is 0.0500. The SMILES string of the molecule is Cc1cccc2c(Nc3ccccc3)c3ccccc3nc12. The van der Waals surface area contributed by atoms with Crippen molar-refractivity contribution in [1.82, 2.24) is 4.98 Å². The molecule has 0 fully saturated rings. The van der Waals surface area contributed by atoms with Crippen molar-refractivity contribution >= 4 is 33.2 Å². The van der Waals surface area contributed by atoms with E-state index in [0.29, 0.717) is 0 Å². The van der Waals surface area contributed by atoms with E-state index in [4.69, 9.17) is 4.98 Å². The average Bonchev–Trinajstić information content (AvgIpc) is 2.57. The maximum atomic E-state index is 4.84. The molecule has 2 heteroatoms. The quantitative estimate of drug-likeness (QED) is 0.496. The van der Waals surface area contributed by atoms with Crippen LogP contribution < -0.4 is 5.32 Å². The minimum Gasteiger partial charge on any atom is -0.354 e. The molecule has 0 atom stereocenters. The summed E-state index contributed by atoms with van der Waals surface area (Å²) in [5.74, 6) is 0. The fourth-order valence-corrected chi connectivity index (χ4v) is 2.86. The molecule has 0 saturated carbocycles. The van der Waals surface area contributed by atoms with Gasteiger partial charge in [-0.3, -0.25) is 0 Å². The van der Waals surface area contributed by atoms with Crippen LogP contribution in [-0.2, 0) is 0 Å². The summed E-state index contributed by atoms with van der Waals surface area (Å²) >= 11 is 0. The van der Waals surface area contributed by atoms with Gasteiger partial charge in [-0.05, 0) is 30.7 Å². The second-order valence-electron chi connectivity index (χ2n) is 5.47. The van der Waals surface area contributed by atoms with E-state index >= 15 is 0 Å². The standard InChI is InChI=1S/C20H16N2/c1-14-8-7-12-17-19(14)22-18-13-6-5-11-16(18)20(17)21-15-9-3-2-4-10-15/h2-13H,1H3,(H,21,22). The molecule has 0 saturated heterocycles. The van der Waals surface area contributed by atoms with Crippen LogP contribution >= 0.6 is 0 Å². The third-order valence-corrected chi connectivity index (χ3v) is 3.96. The summed E-state index contributed by atoms with van der Waals surface area (Å²) in [7, 11) is 0. The number of fused-ring (bicyclic) bond motifs is 2. The minimum absolute atomic E-state index is 1.02. The number of hydrogen-bond acceptors (Lipinski definition) is 2. The Morgan fingerprint density at radius 1 is 0.727 bits per heavy atom. The van der Waals surface area contributed by atoms with Crippen LogP contribution in [-0.4, -0.2) is 4.98 Å². The van der Waals surface area contributed by atoms with E-state index in [2.05, 4.69) is 60.8 Å². The van der Waals surface area contributed by atoms with Gasteiger partial charge in [0, 0.05) is 16.5 Å². The molecule has 0 unspecified atom stereocenters. The van der Waals surface area contributed by atoms with Crippen LogP contribution in [0.25, 0.3) is 21.8 Å². The first-order valence-electron chi connectivity index (χ1n) is 7.43. The van der Waals surface area contributed by atoms with Crippen molar-refractivity contribution in [3.05, 3.63) is 78.4 Å². The van der Waals surface area contributed by atoms with Crippen LogP contribution in [0.15, 0.2) is 72.8 Å². The van der Waals surface area contributed by atoms with E-state index in [-0.39, 0.29) is 0 Å². The van der Waals surface area contributed by atoms with E-state index in [1.165, 1.54) is 5.56 Å². The average molecular weight is 284 g/mol. The lowest BCUT2D eigenvalue weighted by Gasteiger charge is -2.14. The highest BCUT2D eigenvalue weighted by molar-refractivity contribution is 6.09. The highest BCUT2D eigenvalue weighted by Gasteiger charge is 2.10. The Bertz CT molecular complexity index is 959. The number of nitrogens with one attached hydrogen (secondary N) is 1. The molecule has 1 heterocycles. The Hall–Kier alpha value is -2.87. The Kier molecular flexibility index (Phi) is 3.01. The van der Waals surface area contributed by atoms with Gasteiger partial charge in [0.05, 0.1) is 16.7 Å². The van der Waals surface area contributed by atoms with Crippen LogP contribution in [0, 0.1) is 6.92 Å². The second-order valence-corrected chi connectivity index (χ2v) is 5.47. The van der Waals surface area contributed by atoms with Crippen molar-refractivity contribution in [2.75, 3.05) is 5.32 Å². The molecule has 0 radical (unpaired) electrons. The van der Waals surface area contributed by atoms with E-state index in [1.54, 1.807) is 0 Å². The lowest BCUT2D eigenvalue weighted by Crippen LogP contribution is -1.96. The molecule has 22 heavy (non-hydrogen) atoms. The maximum Gasteiger partial charge on any atom is 0.0759 e. The van der Waals surface area contributed by atoms with Crippen LogP contribution in [0.1, 0.15) is 5.56 Å². The van der Waals surface area contributed by atoms with Gasteiger partial charge in [-0.2, -0.15) is 0 Å². The molecule has 0 bridgehead atoms. The number of anilines is 2. The van der Waals surface area contributed by atoms with Crippen molar-refractivity contribution in [2.45, 2.75) is 6.92 Å². The number of hydrogen-bond donors (Lipinski definition) is 1. The summed E-state index contributed by atoms with van der Waals surface area (Å²) in [5, 5.41) is 5.88. The number of pyridine rings is 1. The first-order chi connectivity index (χ1) is 10.8. The molecule has 106 valence electrons. The highest BCUT2D eigenvalue weighted by Crippen LogP contribution is 2.33. The molecule has 2 nitrogen and oxygen atoms in total. The lowest BCUT2D eigenvalue weighted by atomic mass is 10.0. The van der Waals surface area contributed by atoms with Crippen LogP contribution in [0.2, 0.25) is 0 Å². The summed E-state index contributed by atoms with van der Waals surface area (Å²) in [5.41, 5.74) is 5.47. The number of para-hydroxylation sites is 3. The van der Waals surface area contributed by atoms with Crippen LogP contribution in [0.5, 0.6) is 0 Å². The molecule has 4 rings (SSSR count). The van der Waals surface area contributed by atoms with E-state index in [0.717, 1.165) is 33.2 Å². The van der Waals surface area contributed by atoms with Crippen LogP contribution in [0.3, 0.4) is 0 Å². The van der Waals surface area contributed by atoms with Crippen molar-refractivity contribution in [1.29, 1.82) is 0 Å². The second kappa shape index (κ2) is 5.15. The summed E-state index contributed by atoms with van der Waals surface area (Å²) < 4.78 is 0. The first kappa shape index (κ1) is 12.8. The van der Waals surface area contributed by atoms with Gasteiger partial charge in [0.1, 0.15) is 0 Å². The van der Waals surface area contributed by atoms with Gasteiger partial charge >= 0.3 is 0 Å². The Morgan fingerprint density at radius 3 is 2.32 bits per heavy atom. The van der Waals surface area contributed by atoms with Crippen molar-refractivity contribution in [2.24, 2.45) is 0 Å². The van der Waals surface area contributed by atoms with Gasteiger partial charge in [-0.1, -0.05) is 54.6 Å². The van der Waals surface area contributed by atoms with E-state index < -0.39 is 0 Å². The normalized spacial score (nSPS) is 11.0. The molecule has 0 spiro atoms. The number of aromatic nitrogens is 1. The summed E-state index contributed by atoms with van der Waals surface area (Å²) in [6, 6.07) is 24.9. The molecule has 3 aromatic carbocycles.